The molecule has 0 atom stereocenters. The Morgan fingerprint density at radius 1 is 0.969 bits per heavy atom. The summed E-state index contributed by atoms with van der Waals surface area (Å²) in [6.07, 6.45) is -5.07. The largest absolute Gasteiger partial charge is 0.480 e. The molecule has 1 N–H and O–H groups in total. The summed E-state index contributed by atoms with van der Waals surface area (Å²) in [6, 6.07) is 17.0. The number of fused-ring (bicyclic) bond motifs is 3. The Hall–Kier alpha value is -3.88. The number of amides is 1. The molecule has 9 heteroatoms. The Bertz CT molecular complexity index is 1120. The van der Waals surface area contributed by atoms with Crippen LogP contribution < -0.4 is 4.90 Å². The van der Waals surface area contributed by atoms with Crippen molar-refractivity contribution in [2.24, 2.45) is 0 Å². The number of carbonyl (C=O) groups excluding carboxylic acids is 1. The number of hydrogen-bond donors (Lipinski definition) is 1. The van der Waals surface area contributed by atoms with Crippen molar-refractivity contribution in [2.45, 2.75) is 12.1 Å². The maximum Gasteiger partial charge on any atom is 0.417 e. The van der Waals surface area contributed by atoms with E-state index in [4.69, 9.17) is 9.84 Å². The van der Waals surface area contributed by atoms with Crippen LogP contribution in [0.25, 0.3) is 11.1 Å². The zero-order chi connectivity index (χ0) is 22.9. The van der Waals surface area contributed by atoms with Gasteiger partial charge >= 0.3 is 18.2 Å². The van der Waals surface area contributed by atoms with E-state index in [-0.39, 0.29) is 18.3 Å². The van der Waals surface area contributed by atoms with E-state index in [1.54, 1.807) is 0 Å². The van der Waals surface area contributed by atoms with Gasteiger partial charge in [0.1, 0.15) is 19.0 Å². The third-order valence-electron chi connectivity index (χ3n) is 5.20. The Morgan fingerprint density at radius 2 is 1.56 bits per heavy atom. The molecular formula is C23H17F3N2O4. The first-order chi connectivity index (χ1) is 15.3. The standard InChI is InChI=1S/C23H17F3N2O4/c24-23(25,26)14-9-10-20(27-11-14)28(12-21(29)30)22(31)32-13-19-17-7-3-1-5-15(17)16-6-2-4-8-18(16)19/h1-11,19H,12-13H2,(H,29,30). The minimum Gasteiger partial charge on any atom is -0.480 e. The number of nitrogens with zero attached hydrogens (tertiary/aromatic N) is 2. The summed E-state index contributed by atoms with van der Waals surface area (Å²) in [5.74, 6) is -1.86. The average Bonchev–Trinajstić information content (AvgIpc) is 3.09. The Balaban J connectivity index is 1.55. The molecule has 4 rings (SSSR count). The van der Waals surface area contributed by atoms with E-state index in [1.807, 2.05) is 48.5 Å². The van der Waals surface area contributed by atoms with E-state index >= 15 is 0 Å². The van der Waals surface area contributed by atoms with Crippen molar-refractivity contribution >= 4 is 17.9 Å². The number of pyridine rings is 1. The van der Waals surface area contributed by atoms with Gasteiger partial charge in [0.2, 0.25) is 0 Å². The van der Waals surface area contributed by atoms with Crippen molar-refractivity contribution < 1.29 is 32.6 Å². The molecule has 0 spiro atoms. The lowest BCUT2D eigenvalue weighted by Crippen LogP contribution is -2.37. The molecule has 1 aliphatic rings. The number of alkyl halides is 3. The van der Waals surface area contributed by atoms with E-state index in [1.165, 1.54) is 0 Å². The molecule has 1 aromatic heterocycles. The summed E-state index contributed by atoms with van der Waals surface area (Å²) in [7, 11) is 0. The highest BCUT2D eigenvalue weighted by molar-refractivity contribution is 5.92. The zero-order valence-electron chi connectivity index (χ0n) is 16.5. The Labute approximate surface area is 180 Å². The number of benzene rings is 2. The van der Waals surface area contributed by atoms with Gasteiger partial charge in [-0.25, -0.2) is 9.78 Å². The summed E-state index contributed by atoms with van der Waals surface area (Å²) in [4.78, 5) is 28.3. The summed E-state index contributed by atoms with van der Waals surface area (Å²) >= 11 is 0. The fourth-order valence-electron chi connectivity index (χ4n) is 3.76. The highest BCUT2D eigenvalue weighted by atomic mass is 19.4. The number of rotatable bonds is 5. The monoisotopic (exact) mass is 442 g/mol. The van der Waals surface area contributed by atoms with E-state index in [0.29, 0.717) is 11.1 Å². The van der Waals surface area contributed by atoms with Crippen molar-refractivity contribution in [1.82, 2.24) is 4.98 Å². The second-order valence-corrected chi connectivity index (χ2v) is 7.19. The first-order valence-electron chi connectivity index (χ1n) is 9.63. The predicted molar refractivity (Wildman–Crippen MR) is 109 cm³/mol. The number of carboxylic acids is 1. The molecule has 32 heavy (non-hydrogen) atoms. The third-order valence-corrected chi connectivity index (χ3v) is 5.20. The van der Waals surface area contributed by atoms with Gasteiger partial charge in [-0.05, 0) is 34.4 Å². The second kappa shape index (κ2) is 8.33. The van der Waals surface area contributed by atoms with Crippen molar-refractivity contribution in [3.63, 3.8) is 0 Å². The molecule has 0 aliphatic heterocycles. The van der Waals surface area contributed by atoms with Crippen LogP contribution in [0, 0.1) is 0 Å². The number of anilines is 1. The molecular weight excluding hydrogens is 425 g/mol. The summed E-state index contributed by atoms with van der Waals surface area (Å²) in [5, 5.41) is 9.16. The summed E-state index contributed by atoms with van der Waals surface area (Å²) in [5.41, 5.74) is 2.98. The Morgan fingerprint density at radius 3 is 2.06 bits per heavy atom. The van der Waals surface area contributed by atoms with Crippen LogP contribution in [0.2, 0.25) is 0 Å². The molecule has 0 unspecified atom stereocenters. The summed E-state index contributed by atoms with van der Waals surface area (Å²) in [6.45, 7) is -0.876. The first-order valence-corrected chi connectivity index (χ1v) is 9.63. The van der Waals surface area contributed by atoms with Gasteiger partial charge in [0.05, 0.1) is 5.56 Å². The molecule has 0 bridgehead atoms. The van der Waals surface area contributed by atoms with E-state index in [0.717, 1.165) is 34.4 Å². The number of carbonyl (C=O) groups is 2. The number of carboxylic acid groups (broad SMARTS) is 1. The van der Waals surface area contributed by atoms with Crippen LogP contribution in [-0.2, 0) is 15.7 Å². The van der Waals surface area contributed by atoms with Crippen molar-refractivity contribution in [3.05, 3.63) is 83.6 Å². The van der Waals surface area contributed by atoms with Crippen LogP contribution in [0.1, 0.15) is 22.6 Å². The van der Waals surface area contributed by atoms with Crippen molar-refractivity contribution in [2.75, 3.05) is 18.1 Å². The van der Waals surface area contributed by atoms with Gasteiger partial charge in [0.15, 0.2) is 0 Å². The number of aliphatic carboxylic acids is 1. The third kappa shape index (κ3) is 4.14. The maximum atomic E-state index is 12.8. The SMILES string of the molecule is O=C(O)CN(C(=O)OCC1c2ccccc2-c2ccccc21)c1ccc(C(F)(F)F)cn1. The predicted octanol–water partition coefficient (Wildman–Crippen LogP) is 4.94. The van der Waals surface area contributed by atoms with Gasteiger partial charge in [-0.3, -0.25) is 9.69 Å². The molecule has 6 nitrogen and oxygen atoms in total. The fraction of sp³-hybridized carbons (Fsp3) is 0.174. The fourth-order valence-corrected chi connectivity index (χ4v) is 3.76. The maximum absolute atomic E-state index is 12.8. The molecule has 164 valence electrons. The van der Waals surface area contributed by atoms with Crippen LogP contribution in [0.3, 0.4) is 0 Å². The molecule has 1 amide bonds. The van der Waals surface area contributed by atoms with E-state index in [9.17, 15) is 22.8 Å². The van der Waals surface area contributed by atoms with Gasteiger partial charge in [0.25, 0.3) is 0 Å². The quantitative estimate of drug-likeness (QED) is 0.606. The normalized spacial score (nSPS) is 12.7. The molecule has 1 heterocycles. The topological polar surface area (TPSA) is 79.7 Å². The van der Waals surface area contributed by atoms with Crippen LogP contribution in [0.15, 0.2) is 66.9 Å². The van der Waals surface area contributed by atoms with Crippen molar-refractivity contribution in [3.8, 4) is 11.1 Å². The van der Waals surface area contributed by atoms with E-state index < -0.39 is 30.3 Å². The molecule has 2 aromatic carbocycles. The van der Waals surface area contributed by atoms with Gasteiger partial charge in [-0.2, -0.15) is 13.2 Å². The Kier molecular flexibility index (Phi) is 5.56. The van der Waals surface area contributed by atoms with Gasteiger partial charge in [-0.15, -0.1) is 0 Å². The molecule has 3 aromatic rings. The first kappa shape index (κ1) is 21.4. The average molecular weight is 442 g/mol. The molecule has 0 radical (unpaired) electrons. The lowest BCUT2D eigenvalue weighted by molar-refractivity contribution is -0.138. The summed E-state index contributed by atoms with van der Waals surface area (Å²) < 4.78 is 43.8. The van der Waals surface area contributed by atoms with Gasteiger partial charge < -0.3 is 9.84 Å². The molecule has 1 aliphatic carbocycles. The van der Waals surface area contributed by atoms with Crippen LogP contribution in [0.5, 0.6) is 0 Å². The highest BCUT2D eigenvalue weighted by Crippen LogP contribution is 2.44. The smallest absolute Gasteiger partial charge is 0.417 e. The van der Waals surface area contributed by atoms with Gasteiger partial charge in [-0.1, -0.05) is 48.5 Å². The van der Waals surface area contributed by atoms with Crippen LogP contribution in [-0.4, -0.2) is 35.3 Å². The van der Waals surface area contributed by atoms with Crippen LogP contribution in [0.4, 0.5) is 23.8 Å². The number of aromatic nitrogens is 1. The second-order valence-electron chi connectivity index (χ2n) is 7.19. The van der Waals surface area contributed by atoms with Gasteiger partial charge in [0, 0.05) is 12.1 Å². The van der Waals surface area contributed by atoms with Crippen molar-refractivity contribution in [1.29, 1.82) is 0 Å². The van der Waals surface area contributed by atoms with E-state index in [2.05, 4.69) is 4.98 Å². The zero-order valence-corrected chi connectivity index (χ0v) is 16.5. The minimum absolute atomic E-state index is 0.0659. The van der Waals surface area contributed by atoms with Crippen LogP contribution >= 0.6 is 0 Å². The number of halogens is 3. The number of ether oxygens (including phenoxy) is 1. The lowest BCUT2D eigenvalue weighted by Gasteiger charge is -2.21. The number of hydrogen-bond acceptors (Lipinski definition) is 4. The lowest BCUT2D eigenvalue weighted by atomic mass is 9.98. The molecule has 0 saturated heterocycles. The highest BCUT2D eigenvalue weighted by Gasteiger charge is 2.33. The minimum atomic E-state index is -4.60. The molecule has 0 fully saturated rings. The molecule has 0 saturated carbocycles.